The zero-order valence-electron chi connectivity index (χ0n) is 14.4. The molecule has 5 rings (SSSR count). The van der Waals surface area contributed by atoms with Gasteiger partial charge in [-0.1, -0.05) is 19.1 Å². The maximum absolute atomic E-state index is 13.1. The Morgan fingerprint density at radius 1 is 1.36 bits per heavy atom. The summed E-state index contributed by atoms with van der Waals surface area (Å²) in [5, 5.41) is 0.958. The highest BCUT2D eigenvalue weighted by molar-refractivity contribution is 7.25. The van der Waals surface area contributed by atoms with Crippen molar-refractivity contribution in [1.82, 2.24) is 14.5 Å². The number of hydrogen-bond donors (Lipinski definition) is 0. The SMILES string of the molecule is CN(C)c1ccnc2sc3c(=O)n(C4=CC5(C)CC5C=C4)cnc3c12. The summed E-state index contributed by atoms with van der Waals surface area (Å²) in [6, 6.07) is 1.96. The molecule has 126 valence electrons. The van der Waals surface area contributed by atoms with Crippen molar-refractivity contribution in [3.05, 3.63) is 47.2 Å². The number of thiophene rings is 1. The Balaban J connectivity index is 1.77. The van der Waals surface area contributed by atoms with Crippen LogP contribution in [0.1, 0.15) is 13.3 Å². The third-order valence-electron chi connectivity index (χ3n) is 5.34. The highest BCUT2D eigenvalue weighted by Gasteiger charge is 2.48. The zero-order valence-corrected chi connectivity index (χ0v) is 15.2. The Morgan fingerprint density at radius 2 is 2.20 bits per heavy atom. The number of allylic oxidation sites excluding steroid dienone is 4. The van der Waals surface area contributed by atoms with Crippen LogP contribution in [-0.2, 0) is 0 Å². The second-order valence-electron chi connectivity index (χ2n) is 7.35. The highest BCUT2D eigenvalue weighted by Crippen LogP contribution is 2.57. The van der Waals surface area contributed by atoms with Crippen LogP contribution in [0.15, 0.2) is 41.6 Å². The molecule has 1 saturated carbocycles. The first-order valence-electron chi connectivity index (χ1n) is 8.35. The predicted molar refractivity (Wildman–Crippen MR) is 103 cm³/mol. The van der Waals surface area contributed by atoms with Gasteiger partial charge < -0.3 is 4.90 Å². The summed E-state index contributed by atoms with van der Waals surface area (Å²) >= 11 is 1.42. The third-order valence-corrected chi connectivity index (χ3v) is 6.42. The number of anilines is 1. The van der Waals surface area contributed by atoms with Crippen LogP contribution in [0.25, 0.3) is 26.1 Å². The Kier molecular flexibility index (Phi) is 2.84. The van der Waals surface area contributed by atoms with Crippen LogP contribution in [0.3, 0.4) is 0 Å². The second-order valence-corrected chi connectivity index (χ2v) is 8.35. The fourth-order valence-corrected chi connectivity index (χ4v) is 4.76. The van der Waals surface area contributed by atoms with Gasteiger partial charge >= 0.3 is 0 Å². The molecule has 0 spiro atoms. The normalized spacial score (nSPS) is 24.4. The smallest absolute Gasteiger partial charge is 0.275 e. The van der Waals surface area contributed by atoms with Gasteiger partial charge in [0.05, 0.1) is 16.6 Å². The minimum Gasteiger partial charge on any atom is -0.377 e. The van der Waals surface area contributed by atoms with E-state index < -0.39 is 0 Å². The number of hydrogen-bond acceptors (Lipinski definition) is 5. The van der Waals surface area contributed by atoms with E-state index in [9.17, 15) is 4.79 Å². The lowest BCUT2D eigenvalue weighted by Crippen LogP contribution is -2.20. The number of rotatable bonds is 2. The Bertz CT molecular complexity index is 1150. The first-order chi connectivity index (χ1) is 12.0. The molecule has 2 unspecified atom stereocenters. The minimum atomic E-state index is -0.0173. The van der Waals surface area contributed by atoms with Gasteiger partial charge in [0.2, 0.25) is 0 Å². The molecule has 1 fully saturated rings. The summed E-state index contributed by atoms with van der Waals surface area (Å²) in [4.78, 5) is 25.1. The van der Waals surface area contributed by atoms with E-state index in [0.717, 1.165) is 33.5 Å². The number of fused-ring (bicyclic) bond motifs is 4. The molecule has 5 nitrogen and oxygen atoms in total. The van der Waals surface area contributed by atoms with Crippen molar-refractivity contribution in [1.29, 1.82) is 0 Å². The van der Waals surface area contributed by atoms with Gasteiger partial charge in [-0.25, -0.2) is 9.97 Å². The van der Waals surface area contributed by atoms with Gasteiger partial charge in [0.25, 0.3) is 5.56 Å². The summed E-state index contributed by atoms with van der Waals surface area (Å²) < 4.78 is 2.33. The van der Waals surface area contributed by atoms with Gasteiger partial charge in [-0.05, 0) is 29.9 Å². The number of nitrogens with zero attached hydrogens (tertiary/aromatic N) is 4. The molecule has 0 aromatic carbocycles. The van der Waals surface area contributed by atoms with E-state index in [1.165, 1.54) is 11.3 Å². The minimum absolute atomic E-state index is 0.0173. The van der Waals surface area contributed by atoms with Crippen molar-refractivity contribution in [3.8, 4) is 0 Å². The molecule has 3 aromatic rings. The van der Waals surface area contributed by atoms with Crippen LogP contribution in [0.5, 0.6) is 0 Å². The Labute approximate surface area is 148 Å². The molecule has 2 aliphatic rings. The van der Waals surface area contributed by atoms with Gasteiger partial charge in [-0.15, -0.1) is 11.3 Å². The molecule has 6 heteroatoms. The average molecular weight is 350 g/mol. The lowest BCUT2D eigenvalue weighted by Gasteiger charge is -2.14. The summed E-state index contributed by atoms with van der Waals surface area (Å²) in [5.74, 6) is 0.625. The first-order valence-corrected chi connectivity index (χ1v) is 9.17. The van der Waals surface area contributed by atoms with Gasteiger partial charge in [0.1, 0.15) is 15.9 Å². The molecule has 0 aliphatic heterocycles. The lowest BCUT2D eigenvalue weighted by atomic mass is 10.0. The molecule has 0 saturated heterocycles. The summed E-state index contributed by atoms with van der Waals surface area (Å²) in [6.45, 7) is 2.24. The molecule has 3 heterocycles. The predicted octanol–water partition coefficient (Wildman–Crippen LogP) is 3.51. The molecule has 0 amide bonds. The van der Waals surface area contributed by atoms with E-state index in [-0.39, 0.29) is 11.0 Å². The molecule has 2 aliphatic carbocycles. The van der Waals surface area contributed by atoms with E-state index in [0.29, 0.717) is 10.6 Å². The molecular formula is C19H18N4OS. The number of aromatic nitrogens is 3. The van der Waals surface area contributed by atoms with Crippen LogP contribution in [0.4, 0.5) is 5.69 Å². The summed E-state index contributed by atoms with van der Waals surface area (Å²) in [5.41, 5.74) is 2.89. The van der Waals surface area contributed by atoms with Crippen molar-refractivity contribution < 1.29 is 0 Å². The second kappa shape index (κ2) is 4.79. The maximum atomic E-state index is 13.1. The van der Waals surface area contributed by atoms with Crippen molar-refractivity contribution in [2.75, 3.05) is 19.0 Å². The Hall–Kier alpha value is -2.47. The van der Waals surface area contributed by atoms with E-state index in [1.54, 1.807) is 17.1 Å². The van der Waals surface area contributed by atoms with E-state index >= 15 is 0 Å². The van der Waals surface area contributed by atoms with Crippen molar-refractivity contribution >= 4 is 43.2 Å². The van der Waals surface area contributed by atoms with Crippen molar-refractivity contribution in [2.45, 2.75) is 13.3 Å². The van der Waals surface area contributed by atoms with Gasteiger partial charge in [-0.2, -0.15) is 0 Å². The zero-order chi connectivity index (χ0) is 17.3. The fraction of sp³-hybridized carbons (Fsp3) is 0.316. The van der Waals surface area contributed by atoms with Crippen LogP contribution in [0.2, 0.25) is 0 Å². The van der Waals surface area contributed by atoms with Crippen molar-refractivity contribution in [2.24, 2.45) is 11.3 Å². The molecule has 0 N–H and O–H groups in total. The van der Waals surface area contributed by atoms with Crippen LogP contribution in [-0.4, -0.2) is 28.6 Å². The largest absolute Gasteiger partial charge is 0.377 e. The third kappa shape index (κ3) is 2.03. The quantitative estimate of drug-likeness (QED) is 0.710. The number of pyridine rings is 1. The molecule has 25 heavy (non-hydrogen) atoms. The summed E-state index contributed by atoms with van der Waals surface area (Å²) in [7, 11) is 3.98. The summed E-state index contributed by atoms with van der Waals surface area (Å²) in [6.07, 6.45) is 11.1. The maximum Gasteiger partial charge on any atom is 0.275 e. The highest BCUT2D eigenvalue weighted by atomic mass is 32.1. The molecule has 3 aromatic heterocycles. The van der Waals surface area contributed by atoms with Crippen LogP contribution >= 0.6 is 11.3 Å². The first kappa shape index (κ1) is 14.8. The standard InChI is InChI=1S/C19H18N4OS/c1-19-8-11(19)4-5-12(9-19)23-10-21-15-14-13(22(2)3)6-7-20-17(14)25-16(15)18(23)24/h4-7,9-11H,8H2,1-3H3. The van der Waals surface area contributed by atoms with Gasteiger partial charge in [-0.3, -0.25) is 9.36 Å². The molecule has 2 atom stereocenters. The molecule has 0 radical (unpaired) electrons. The monoisotopic (exact) mass is 350 g/mol. The average Bonchev–Trinajstić information content (AvgIpc) is 3.11. The molecular weight excluding hydrogens is 332 g/mol. The van der Waals surface area contributed by atoms with Gasteiger partial charge in [0.15, 0.2) is 0 Å². The van der Waals surface area contributed by atoms with E-state index in [2.05, 4.69) is 29.0 Å². The van der Waals surface area contributed by atoms with Crippen LogP contribution in [0, 0.1) is 11.3 Å². The Morgan fingerprint density at radius 3 is 2.96 bits per heavy atom. The lowest BCUT2D eigenvalue weighted by molar-refractivity contribution is 0.686. The van der Waals surface area contributed by atoms with E-state index in [1.807, 2.05) is 31.1 Å². The van der Waals surface area contributed by atoms with E-state index in [4.69, 9.17) is 0 Å². The van der Waals surface area contributed by atoms with Crippen LogP contribution < -0.4 is 10.5 Å². The molecule has 0 bridgehead atoms. The van der Waals surface area contributed by atoms with Gasteiger partial charge in [0, 0.05) is 26.0 Å². The topological polar surface area (TPSA) is 51.0 Å². The van der Waals surface area contributed by atoms with Crippen molar-refractivity contribution in [3.63, 3.8) is 0 Å². The fourth-order valence-electron chi connectivity index (χ4n) is 3.71.